The van der Waals surface area contributed by atoms with Crippen molar-refractivity contribution in [2.24, 2.45) is 5.92 Å². The van der Waals surface area contributed by atoms with E-state index < -0.39 is 23.5 Å². The van der Waals surface area contributed by atoms with Crippen LogP contribution < -0.4 is 14.7 Å². The van der Waals surface area contributed by atoms with Gasteiger partial charge in [-0.1, -0.05) is 117 Å². The first-order valence-corrected chi connectivity index (χ1v) is 19.0. The second-order valence-corrected chi connectivity index (χ2v) is 14.9. The van der Waals surface area contributed by atoms with Crippen molar-refractivity contribution in [2.45, 2.75) is 32.1 Å². The summed E-state index contributed by atoms with van der Waals surface area (Å²) in [6.07, 6.45) is 2.13. The van der Waals surface area contributed by atoms with Gasteiger partial charge in [0.15, 0.2) is 5.66 Å². The molecule has 1 atom stereocenters. The highest BCUT2D eigenvalue weighted by molar-refractivity contribution is 9.10. The number of nitrogens with zero attached hydrogens (tertiary/aromatic N) is 3. The number of halogens is 2. The molecule has 2 aliphatic rings. The molecule has 7 nitrogen and oxygen atoms in total. The van der Waals surface area contributed by atoms with Crippen molar-refractivity contribution < 1.29 is 19.1 Å². The molecule has 2 aliphatic heterocycles. The zero-order valence-electron chi connectivity index (χ0n) is 29.7. The molecule has 0 saturated carbocycles. The molecule has 0 bridgehead atoms. The molecule has 0 radical (unpaired) electrons. The summed E-state index contributed by atoms with van der Waals surface area (Å²) in [5, 5.41) is 0. The third kappa shape index (κ3) is 6.80. The van der Waals surface area contributed by atoms with Crippen molar-refractivity contribution in [3.8, 4) is 0 Å². The van der Waals surface area contributed by atoms with Crippen molar-refractivity contribution in [3.63, 3.8) is 0 Å². The zero-order chi connectivity index (χ0) is 37.1. The van der Waals surface area contributed by atoms with Gasteiger partial charge in [-0.15, -0.1) is 0 Å². The molecule has 1 fully saturated rings. The monoisotopic (exact) mass is 831 g/mol. The van der Waals surface area contributed by atoms with Crippen molar-refractivity contribution >= 4 is 60.9 Å². The van der Waals surface area contributed by atoms with Crippen LogP contribution in [0, 0.1) is 5.92 Å². The minimum atomic E-state index is -1.08. The lowest BCUT2D eigenvalue weighted by Gasteiger charge is -2.48. The third-order valence-corrected chi connectivity index (χ3v) is 11.1. The molecule has 268 valence electrons. The zero-order valence-corrected chi connectivity index (χ0v) is 32.9. The number of fused-ring (bicyclic) bond motifs is 1. The Morgan fingerprint density at radius 2 is 1.15 bits per heavy atom. The van der Waals surface area contributed by atoms with Crippen LogP contribution in [-0.2, 0) is 38.6 Å². The van der Waals surface area contributed by atoms with Crippen LogP contribution in [-0.4, -0.2) is 31.8 Å². The minimum Gasteiger partial charge on any atom is -0.466 e. The second-order valence-electron chi connectivity index (χ2n) is 13.1. The molecule has 0 aliphatic carbocycles. The van der Waals surface area contributed by atoms with Crippen LogP contribution >= 0.6 is 31.9 Å². The van der Waals surface area contributed by atoms with Gasteiger partial charge in [0.05, 0.1) is 42.8 Å². The average Bonchev–Trinajstić information content (AvgIpc) is 3.61. The number of esters is 2. The minimum absolute atomic E-state index is 0.419. The van der Waals surface area contributed by atoms with Gasteiger partial charge in [0.1, 0.15) is 0 Å². The van der Waals surface area contributed by atoms with Gasteiger partial charge in [0, 0.05) is 39.5 Å². The summed E-state index contributed by atoms with van der Waals surface area (Å²) in [6.45, 7) is 2.83. The standard InChI is InChI=1S/C44H39Br2N3O4/c1-30(43(51)53-3)42-44(37(26-31-12-6-4-7-13-31)40(27-41(50)52-2)49(42)36-14-8-5-9-15-36)47(28-32-18-22-34(45)23-19-32)38-16-10-11-17-39(38)48(44)29-33-20-24-35(46)25-21-33/h4-25,27,37H,26,28-29H2,1-3H3/b40-27+,42-30?. The highest BCUT2D eigenvalue weighted by Crippen LogP contribution is 2.61. The van der Waals surface area contributed by atoms with E-state index in [9.17, 15) is 9.59 Å². The van der Waals surface area contributed by atoms with Gasteiger partial charge >= 0.3 is 11.9 Å². The number of hydrogen-bond acceptors (Lipinski definition) is 7. The molecule has 0 N–H and O–H groups in total. The predicted molar refractivity (Wildman–Crippen MR) is 217 cm³/mol. The Hall–Kier alpha value is -5.12. The van der Waals surface area contributed by atoms with E-state index in [0.29, 0.717) is 36.5 Å². The molecule has 53 heavy (non-hydrogen) atoms. The Bertz CT molecular complexity index is 2100. The van der Waals surface area contributed by atoms with Gasteiger partial charge in [-0.2, -0.15) is 0 Å². The highest BCUT2D eigenvalue weighted by atomic mass is 79.9. The van der Waals surface area contributed by atoms with Crippen molar-refractivity contribution in [2.75, 3.05) is 28.9 Å². The molecule has 0 aromatic heterocycles. The Morgan fingerprint density at radius 1 is 0.660 bits per heavy atom. The fraction of sp³-hybridized carbons (Fsp3) is 0.182. The molecule has 1 saturated heterocycles. The number of carbonyl (C=O) groups is 2. The number of carbonyl (C=O) groups excluding carboxylic acids is 2. The van der Waals surface area contributed by atoms with E-state index in [0.717, 1.165) is 42.7 Å². The number of benzene rings is 5. The van der Waals surface area contributed by atoms with Crippen LogP contribution in [0.15, 0.2) is 165 Å². The second kappa shape index (κ2) is 15.5. The van der Waals surface area contributed by atoms with Gasteiger partial charge in [-0.05, 0) is 78.6 Å². The number of ether oxygens (including phenoxy) is 2. The molecule has 5 aromatic rings. The maximum absolute atomic E-state index is 14.1. The van der Waals surface area contributed by atoms with Crippen LogP contribution in [0.1, 0.15) is 23.6 Å². The quantitative estimate of drug-likeness (QED) is 0.108. The number of rotatable bonds is 9. The number of para-hydroxylation sites is 3. The maximum atomic E-state index is 14.1. The van der Waals surface area contributed by atoms with Crippen LogP contribution in [0.25, 0.3) is 0 Å². The van der Waals surface area contributed by atoms with E-state index in [-0.39, 0.29) is 0 Å². The van der Waals surface area contributed by atoms with Crippen molar-refractivity contribution in [1.29, 1.82) is 0 Å². The van der Waals surface area contributed by atoms with Crippen molar-refractivity contribution in [3.05, 3.63) is 182 Å². The molecule has 2 heterocycles. The van der Waals surface area contributed by atoms with Gasteiger partial charge in [0.25, 0.3) is 0 Å². The van der Waals surface area contributed by atoms with Crippen LogP contribution in [0.4, 0.5) is 17.1 Å². The Balaban J connectivity index is 1.63. The summed E-state index contributed by atoms with van der Waals surface area (Å²) < 4.78 is 12.9. The summed E-state index contributed by atoms with van der Waals surface area (Å²) in [7, 11) is 2.81. The Labute approximate surface area is 327 Å². The van der Waals surface area contributed by atoms with Gasteiger partial charge < -0.3 is 24.2 Å². The molecule has 7 rings (SSSR count). The number of hydrogen-bond donors (Lipinski definition) is 0. The lowest BCUT2D eigenvalue weighted by Crippen LogP contribution is -2.62. The average molecular weight is 834 g/mol. The fourth-order valence-electron chi connectivity index (χ4n) is 7.83. The van der Waals surface area contributed by atoms with Crippen molar-refractivity contribution in [1.82, 2.24) is 0 Å². The summed E-state index contributed by atoms with van der Waals surface area (Å²) in [5.74, 6) is -1.36. The van der Waals surface area contributed by atoms with E-state index >= 15 is 0 Å². The van der Waals surface area contributed by atoms with E-state index in [1.54, 1.807) is 6.08 Å². The van der Waals surface area contributed by atoms with Gasteiger partial charge in [0.2, 0.25) is 0 Å². The highest BCUT2D eigenvalue weighted by Gasteiger charge is 2.65. The van der Waals surface area contributed by atoms with E-state index in [2.05, 4.69) is 131 Å². The largest absolute Gasteiger partial charge is 0.466 e. The maximum Gasteiger partial charge on any atom is 0.335 e. The molecule has 9 heteroatoms. The molecule has 0 amide bonds. The van der Waals surface area contributed by atoms with Crippen LogP contribution in [0.2, 0.25) is 0 Å². The molecular weight excluding hydrogens is 794 g/mol. The van der Waals surface area contributed by atoms with E-state index in [1.165, 1.54) is 14.2 Å². The number of methoxy groups -OCH3 is 2. The van der Waals surface area contributed by atoms with E-state index in [4.69, 9.17) is 9.47 Å². The first-order chi connectivity index (χ1) is 25.8. The molecule has 5 aromatic carbocycles. The number of anilines is 3. The smallest absolute Gasteiger partial charge is 0.335 e. The fourth-order valence-corrected chi connectivity index (χ4v) is 8.36. The predicted octanol–water partition coefficient (Wildman–Crippen LogP) is 9.82. The lowest BCUT2D eigenvalue weighted by molar-refractivity contribution is -0.136. The summed E-state index contributed by atoms with van der Waals surface area (Å²) in [4.78, 5) is 34.6. The lowest BCUT2D eigenvalue weighted by atomic mass is 9.82. The summed E-state index contributed by atoms with van der Waals surface area (Å²) in [5.41, 5.74) is 6.83. The molecular formula is C44H39Br2N3O4. The van der Waals surface area contributed by atoms with Crippen LogP contribution in [0.3, 0.4) is 0 Å². The Morgan fingerprint density at radius 3 is 1.64 bits per heavy atom. The summed E-state index contributed by atoms with van der Waals surface area (Å²) >= 11 is 7.25. The summed E-state index contributed by atoms with van der Waals surface area (Å²) in [6, 6.07) is 45.3. The van der Waals surface area contributed by atoms with Gasteiger partial charge in [-0.25, -0.2) is 9.59 Å². The first kappa shape index (κ1) is 36.2. The molecule has 1 spiro atoms. The SMILES string of the molecule is COC(=O)/C=C1\C(Cc2ccccc2)C2(C(=C(C)C(=O)OC)N1c1ccccc1)N(Cc1ccc(Br)cc1)c1ccccc1N2Cc1ccc(Br)cc1. The molecule has 1 unspecified atom stereocenters. The van der Waals surface area contributed by atoms with E-state index in [1.807, 2.05) is 55.5 Å². The normalized spacial score (nSPS) is 17.6. The van der Waals surface area contributed by atoms with Crippen LogP contribution in [0.5, 0.6) is 0 Å². The Kier molecular flexibility index (Phi) is 10.6. The van der Waals surface area contributed by atoms with Gasteiger partial charge in [-0.3, -0.25) is 0 Å². The first-order valence-electron chi connectivity index (χ1n) is 17.4. The topological polar surface area (TPSA) is 62.3 Å². The third-order valence-electron chi connectivity index (χ3n) is 10.1.